The summed E-state index contributed by atoms with van der Waals surface area (Å²) in [5.74, 6) is 0.598. The number of nitrogens with one attached hydrogen (secondary N) is 2. The minimum atomic E-state index is -0.156. The van der Waals surface area contributed by atoms with E-state index in [1.165, 1.54) is 50.6 Å². The molecular weight excluding hydrogens is 263 g/mol. The second-order valence-electron chi connectivity index (χ2n) is 6.70. The van der Waals surface area contributed by atoms with Crippen LogP contribution in [-0.2, 0) is 0 Å². The summed E-state index contributed by atoms with van der Waals surface area (Å²) in [5, 5.41) is 7.51. The molecule has 0 spiro atoms. The van der Waals surface area contributed by atoms with E-state index in [1.807, 2.05) is 12.1 Å². The van der Waals surface area contributed by atoms with Crippen LogP contribution in [0.4, 0.5) is 4.39 Å². The third-order valence-electron chi connectivity index (χ3n) is 5.27. The fraction of sp³-hybridized carbons (Fsp3) is 0.667. The zero-order valence-electron chi connectivity index (χ0n) is 12.9. The van der Waals surface area contributed by atoms with Gasteiger partial charge in [-0.15, -0.1) is 0 Å². The van der Waals surface area contributed by atoms with Gasteiger partial charge in [0.1, 0.15) is 5.82 Å². The van der Waals surface area contributed by atoms with Crippen LogP contribution in [0.2, 0.25) is 0 Å². The van der Waals surface area contributed by atoms with Crippen molar-refractivity contribution in [1.29, 1.82) is 0 Å². The van der Waals surface area contributed by atoms with Gasteiger partial charge < -0.3 is 10.6 Å². The van der Waals surface area contributed by atoms with Crippen molar-refractivity contribution in [3.8, 4) is 0 Å². The van der Waals surface area contributed by atoms with Gasteiger partial charge in [0.15, 0.2) is 0 Å². The average molecular weight is 290 g/mol. The van der Waals surface area contributed by atoms with E-state index in [1.54, 1.807) is 12.1 Å². The number of halogens is 1. The molecule has 3 rings (SSSR count). The molecule has 0 aromatic heterocycles. The first-order valence-corrected chi connectivity index (χ1v) is 8.49. The zero-order chi connectivity index (χ0) is 14.7. The van der Waals surface area contributed by atoms with Gasteiger partial charge in [-0.3, -0.25) is 0 Å². The highest BCUT2D eigenvalue weighted by atomic mass is 19.1. The van der Waals surface area contributed by atoms with Gasteiger partial charge in [-0.2, -0.15) is 0 Å². The number of rotatable bonds is 4. The Hall–Kier alpha value is -0.930. The predicted molar refractivity (Wildman–Crippen MR) is 84.7 cm³/mol. The summed E-state index contributed by atoms with van der Waals surface area (Å²) in [7, 11) is 0. The molecule has 1 aromatic rings. The molecule has 2 aliphatic rings. The van der Waals surface area contributed by atoms with Crippen LogP contribution in [0.15, 0.2) is 24.3 Å². The van der Waals surface area contributed by atoms with Crippen molar-refractivity contribution in [1.82, 2.24) is 10.6 Å². The first-order valence-electron chi connectivity index (χ1n) is 8.49. The molecule has 116 valence electrons. The van der Waals surface area contributed by atoms with Gasteiger partial charge >= 0.3 is 0 Å². The van der Waals surface area contributed by atoms with Gasteiger partial charge in [0.05, 0.1) is 0 Å². The van der Waals surface area contributed by atoms with E-state index in [9.17, 15) is 4.39 Å². The molecule has 1 aromatic carbocycles. The maximum Gasteiger partial charge on any atom is 0.123 e. The second kappa shape index (κ2) is 6.89. The Kier molecular flexibility index (Phi) is 4.91. The maximum atomic E-state index is 13.0. The summed E-state index contributed by atoms with van der Waals surface area (Å²) in [6.45, 7) is 3.38. The quantitative estimate of drug-likeness (QED) is 0.881. The summed E-state index contributed by atoms with van der Waals surface area (Å²) in [5.41, 5.74) is 1.18. The average Bonchev–Trinajstić information content (AvgIpc) is 3.02. The van der Waals surface area contributed by atoms with Crippen molar-refractivity contribution < 1.29 is 4.39 Å². The van der Waals surface area contributed by atoms with Crippen LogP contribution in [0.5, 0.6) is 0 Å². The molecule has 1 heterocycles. The van der Waals surface area contributed by atoms with Crippen molar-refractivity contribution in [3.05, 3.63) is 35.6 Å². The van der Waals surface area contributed by atoms with E-state index < -0.39 is 0 Å². The van der Waals surface area contributed by atoms with Gasteiger partial charge in [-0.25, -0.2) is 4.39 Å². The molecule has 4 atom stereocenters. The highest BCUT2D eigenvalue weighted by molar-refractivity contribution is 5.19. The smallest absolute Gasteiger partial charge is 0.123 e. The first kappa shape index (κ1) is 15.0. The van der Waals surface area contributed by atoms with Crippen LogP contribution in [-0.4, -0.2) is 18.6 Å². The monoisotopic (exact) mass is 290 g/mol. The minimum absolute atomic E-state index is 0.156. The summed E-state index contributed by atoms with van der Waals surface area (Å²) in [6.07, 6.45) is 7.96. The minimum Gasteiger partial charge on any atom is -0.314 e. The van der Waals surface area contributed by atoms with E-state index >= 15 is 0 Å². The lowest BCUT2D eigenvalue weighted by Gasteiger charge is -2.38. The van der Waals surface area contributed by atoms with E-state index in [0.717, 1.165) is 5.92 Å². The lowest BCUT2D eigenvalue weighted by molar-refractivity contribution is 0.203. The van der Waals surface area contributed by atoms with Crippen molar-refractivity contribution in [2.24, 2.45) is 5.92 Å². The maximum absolute atomic E-state index is 13.0. The molecule has 3 heteroatoms. The summed E-state index contributed by atoms with van der Waals surface area (Å²) < 4.78 is 13.0. The largest absolute Gasteiger partial charge is 0.314 e. The molecule has 2 nitrogen and oxygen atoms in total. The molecule has 1 aliphatic carbocycles. The van der Waals surface area contributed by atoms with Gasteiger partial charge in [0.2, 0.25) is 0 Å². The Morgan fingerprint density at radius 1 is 1.10 bits per heavy atom. The fourth-order valence-corrected chi connectivity index (χ4v) is 4.09. The summed E-state index contributed by atoms with van der Waals surface area (Å²) >= 11 is 0. The molecule has 3 unspecified atom stereocenters. The van der Waals surface area contributed by atoms with E-state index in [-0.39, 0.29) is 11.9 Å². The van der Waals surface area contributed by atoms with Crippen molar-refractivity contribution in [2.75, 3.05) is 6.54 Å². The molecule has 2 N–H and O–H groups in total. The molecule has 1 saturated heterocycles. The topological polar surface area (TPSA) is 24.1 Å². The Bertz CT molecular complexity index is 439. The van der Waals surface area contributed by atoms with Crippen molar-refractivity contribution in [2.45, 2.75) is 63.6 Å². The lowest BCUT2D eigenvalue weighted by Crippen LogP contribution is -2.47. The van der Waals surface area contributed by atoms with Crippen LogP contribution in [0.1, 0.15) is 57.1 Å². The van der Waals surface area contributed by atoms with Gasteiger partial charge in [0, 0.05) is 18.1 Å². The molecular formula is C18H27FN2. The summed E-state index contributed by atoms with van der Waals surface area (Å²) in [4.78, 5) is 0. The van der Waals surface area contributed by atoms with Crippen LogP contribution in [0.25, 0.3) is 0 Å². The van der Waals surface area contributed by atoms with Crippen LogP contribution in [0.3, 0.4) is 0 Å². The van der Waals surface area contributed by atoms with E-state index in [2.05, 4.69) is 17.6 Å². The van der Waals surface area contributed by atoms with Gasteiger partial charge in [-0.05, 0) is 62.8 Å². The molecule has 0 amide bonds. The molecule has 1 saturated carbocycles. The lowest BCUT2D eigenvalue weighted by atomic mass is 9.79. The van der Waals surface area contributed by atoms with Gasteiger partial charge in [-0.1, -0.05) is 25.0 Å². The Labute approximate surface area is 127 Å². The normalized spacial score (nSPS) is 31.2. The van der Waals surface area contributed by atoms with Crippen LogP contribution >= 0.6 is 0 Å². The highest BCUT2D eigenvalue weighted by Crippen LogP contribution is 2.32. The van der Waals surface area contributed by atoms with Crippen molar-refractivity contribution in [3.63, 3.8) is 0 Å². The summed E-state index contributed by atoms with van der Waals surface area (Å²) in [6, 6.07) is 8.50. The Morgan fingerprint density at radius 3 is 2.57 bits per heavy atom. The Balaban J connectivity index is 1.64. The second-order valence-corrected chi connectivity index (χ2v) is 6.70. The molecule has 21 heavy (non-hydrogen) atoms. The first-order chi connectivity index (χ1) is 10.2. The Morgan fingerprint density at radius 2 is 1.86 bits per heavy atom. The van der Waals surface area contributed by atoms with Gasteiger partial charge in [0.25, 0.3) is 0 Å². The molecule has 0 bridgehead atoms. The third-order valence-corrected chi connectivity index (χ3v) is 5.27. The van der Waals surface area contributed by atoms with Crippen LogP contribution in [0, 0.1) is 11.7 Å². The number of hydrogen-bond acceptors (Lipinski definition) is 2. The van der Waals surface area contributed by atoms with E-state index in [0.29, 0.717) is 12.1 Å². The van der Waals surface area contributed by atoms with Crippen molar-refractivity contribution >= 4 is 0 Å². The zero-order valence-corrected chi connectivity index (χ0v) is 12.9. The third kappa shape index (κ3) is 3.64. The number of hydrogen-bond donors (Lipinski definition) is 2. The molecule has 2 fully saturated rings. The van der Waals surface area contributed by atoms with E-state index in [4.69, 9.17) is 0 Å². The fourth-order valence-electron chi connectivity index (χ4n) is 4.09. The number of benzene rings is 1. The SMILES string of the molecule is C[C@@H](NC1CCCCC1C1CCCN1)c1ccc(F)cc1. The molecule has 0 radical (unpaired) electrons. The molecule has 1 aliphatic heterocycles. The predicted octanol–water partition coefficient (Wildman–Crippen LogP) is 3.79. The van der Waals surface area contributed by atoms with Crippen LogP contribution < -0.4 is 10.6 Å². The highest BCUT2D eigenvalue weighted by Gasteiger charge is 2.33. The standard InChI is InChI=1S/C18H27FN2/c1-13(14-8-10-15(19)11-9-14)21-18-6-3-2-5-16(18)17-7-4-12-20-17/h8-11,13,16-18,20-21H,2-7,12H2,1H3/t13-,16?,17?,18?/m1/s1.